The van der Waals surface area contributed by atoms with E-state index in [1.54, 1.807) is 24.4 Å². The van der Waals surface area contributed by atoms with Gasteiger partial charge in [-0.25, -0.2) is 9.18 Å². The number of halogens is 3. The highest BCUT2D eigenvalue weighted by molar-refractivity contribution is 5.97. The fourth-order valence-corrected chi connectivity index (χ4v) is 5.16. The Labute approximate surface area is 238 Å². The maximum atomic E-state index is 15.2. The minimum absolute atomic E-state index is 0.0669. The standard InChI is InChI=1S/C24H15F3N6O2.C6H13N/c25-17-9-20-19(8-16(17)14-2-1-3-18-15(14)6-7-28-18)30-24(34)33(20)11-13-5-4-12(10-29-13)22-31-32-23(35-22)21(26)27;1-7-5-3-2-4-6-7/h1-10,21,28H,11H2,(H,30,34);2-6H2,1H3. The van der Waals surface area contributed by atoms with Crippen molar-refractivity contribution in [1.29, 1.82) is 0 Å². The van der Waals surface area contributed by atoms with Crippen LogP contribution in [0.5, 0.6) is 0 Å². The Kier molecular flexibility index (Phi) is 7.62. The molecule has 0 saturated carbocycles. The maximum Gasteiger partial charge on any atom is 0.326 e. The number of aromatic nitrogens is 6. The number of rotatable bonds is 5. The molecule has 2 aromatic carbocycles. The van der Waals surface area contributed by atoms with Gasteiger partial charge in [-0.3, -0.25) is 9.55 Å². The quantitative estimate of drug-likeness (QED) is 0.255. The van der Waals surface area contributed by atoms with Gasteiger partial charge in [-0.15, -0.1) is 10.2 Å². The van der Waals surface area contributed by atoms with Crippen LogP contribution in [0.4, 0.5) is 13.2 Å². The number of aromatic amines is 2. The first-order chi connectivity index (χ1) is 20.4. The van der Waals surface area contributed by atoms with E-state index >= 15 is 4.39 Å². The second-order valence-corrected chi connectivity index (χ2v) is 10.3. The average Bonchev–Trinajstić information content (AvgIpc) is 3.74. The fraction of sp³-hybridized carbons (Fsp3) is 0.267. The highest BCUT2D eigenvalue weighted by Crippen LogP contribution is 2.32. The number of likely N-dealkylation sites (tertiary alicyclic amines) is 1. The number of benzene rings is 2. The zero-order valence-corrected chi connectivity index (χ0v) is 22.8. The molecule has 4 aromatic heterocycles. The number of H-pyrrole nitrogens is 2. The monoisotopic (exact) mass is 575 g/mol. The van der Waals surface area contributed by atoms with Crippen LogP contribution in [0.15, 0.2) is 70.1 Å². The molecule has 1 fully saturated rings. The van der Waals surface area contributed by atoms with Gasteiger partial charge in [-0.1, -0.05) is 18.6 Å². The van der Waals surface area contributed by atoms with Crippen LogP contribution in [-0.4, -0.2) is 54.8 Å². The Morgan fingerprint density at radius 2 is 1.83 bits per heavy atom. The van der Waals surface area contributed by atoms with Gasteiger partial charge < -0.3 is 19.3 Å². The molecule has 42 heavy (non-hydrogen) atoms. The van der Waals surface area contributed by atoms with Crippen LogP contribution in [-0.2, 0) is 6.54 Å². The third-order valence-corrected chi connectivity index (χ3v) is 7.35. The van der Waals surface area contributed by atoms with Crippen LogP contribution in [0.2, 0.25) is 0 Å². The van der Waals surface area contributed by atoms with E-state index in [1.165, 1.54) is 49.2 Å². The number of alkyl halides is 2. The van der Waals surface area contributed by atoms with E-state index in [2.05, 4.69) is 37.1 Å². The molecule has 0 aliphatic carbocycles. The molecule has 7 rings (SSSR count). The van der Waals surface area contributed by atoms with E-state index in [0.29, 0.717) is 33.4 Å². The second-order valence-electron chi connectivity index (χ2n) is 10.3. The van der Waals surface area contributed by atoms with E-state index in [1.807, 2.05) is 24.3 Å². The summed E-state index contributed by atoms with van der Waals surface area (Å²) >= 11 is 0. The second kappa shape index (κ2) is 11.6. The van der Waals surface area contributed by atoms with Gasteiger partial charge >= 0.3 is 12.1 Å². The average molecular weight is 576 g/mol. The first kappa shape index (κ1) is 27.5. The molecule has 0 unspecified atom stereocenters. The van der Waals surface area contributed by atoms with Gasteiger partial charge in [-0.2, -0.15) is 8.78 Å². The minimum Gasteiger partial charge on any atom is -0.415 e. The highest BCUT2D eigenvalue weighted by Gasteiger charge is 2.18. The van der Waals surface area contributed by atoms with Crippen molar-refractivity contribution in [3.05, 3.63) is 88.8 Å². The van der Waals surface area contributed by atoms with E-state index in [9.17, 15) is 13.6 Å². The van der Waals surface area contributed by atoms with Crippen LogP contribution in [0.1, 0.15) is 37.3 Å². The SMILES string of the molecule is CN1CCCCC1.O=c1[nH]c2cc(-c3cccc4[nH]ccc34)c(F)cc2n1Cc1ccc(-c2nnc(C(F)F)o2)cn1. The lowest BCUT2D eigenvalue weighted by atomic mass is 10.0. The number of nitrogens with one attached hydrogen (secondary N) is 2. The van der Waals surface area contributed by atoms with Crippen LogP contribution in [0, 0.1) is 5.82 Å². The molecular weight excluding hydrogens is 547 g/mol. The Hall–Kier alpha value is -4.71. The molecule has 1 aliphatic rings. The summed E-state index contributed by atoms with van der Waals surface area (Å²) in [6.45, 7) is 2.71. The number of fused-ring (bicyclic) bond motifs is 2. The minimum atomic E-state index is -2.87. The van der Waals surface area contributed by atoms with Crippen LogP contribution in [0.25, 0.3) is 44.5 Å². The van der Waals surface area contributed by atoms with Crippen molar-refractivity contribution in [2.45, 2.75) is 32.2 Å². The normalized spacial score (nSPS) is 14.0. The molecule has 2 N–H and O–H groups in total. The number of imidazole rings is 1. The molecule has 0 atom stereocenters. The molecule has 0 amide bonds. The summed E-state index contributed by atoms with van der Waals surface area (Å²) in [4.78, 5) is 25.2. The van der Waals surface area contributed by atoms with Crippen molar-refractivity contribution in [2.24, 2.45) is 0 Å². The van der Waals surface area contributed by atoms with Crippen molar-refractivity contribution < 1.29 is 17.6 Å². The van der Waals surface area contributed by atoms with Crippen molar-refractivity contribution in [1.82, 2.24) is 34.6 Å². The highest BCUT2D eigenvalue weighted by atomic mass is 19.3. The van der Waals surface area contributed by atoms with Gasteiger partial charge in [0.25, 0.3) is 5.89 Å². The van der Waals surface area contributed by atoms with Gasteiger partial charge in [0.1, 0.15) is 5.82 Å². The van der Waals surface area contributed by atoms with E-state index in [4.69, 9.17) is 4.42 Å². The van der Waals surface area contributed by atoms with Crippen LogP contribution >= 0.6 is 0 Å². The molecule has 1 saturated heterocycles. The Balaban J connectivity index is 0.000000397. The summed E-state index contributed by atoms with van der Waals surface area (Å²) in [5, 5.41) is 7.75. The van der Waals surface area contributed by atoms with Gasteiger partial charge in [0.15, 0.2) is 0 Å². The number of pyridine rings is 1. The smallest absolute Gasteiger partial charge is 0.326 e. The summed E-state index contributed by atoms with van der Waals surface area (Å²) in [5.74, 6) is -1.33. The first-order valence-electron chi connectivity index (χ1n) is 13.6. The van der Waals surface area contributed by atoms with E-state index < -0.39 is 23.8 Å². The number of piperidine rings is 1. The predicted molar refractivity (Wildman–Crippen MR) is 153 cm³/mol. The van der Waals surface area contributed by atoms with Crippen molar-refractivity contribution in [3.63, 3.8) is 0 Å². The molecule has 0 spiro atoms. The molecule has 0 radical (unpaired) electrons. The lowest BCUT2D eigenvalue weighted by Gasteiger charge is -2.20. The molecule has 5 heterocycles. The van der Waals surface area contributed by atoms with Gasteiger partial charge in [0.05, 0.1) is 28.8 Å². The van der Waals surface area contributed by atoms with E-state index in [0.717, 1.165) is 10.9 Å². The Morgan fingerprint density at radius 3 is 2.52 bits per heavy atom. The molecule has 12 heteroatoms. The van der Waals surface area contributed by atoms with Crippen LogP contribution in [0.3, 0.4) is 0 Å². The number of hydrogen-bond donors (Lipinski definition) is 2. The third kappa shape index (κ3) is 5.57. The maximum absolute atomic E-state index is 15.2. The topological polar surface area (TPSA) is 109 Å². The van der Waals surface area contributed by atoms with Gasteiger partial charge in [0.2, 0.25) is 5.89 Å². The van der Waals surface area contributed by atoms with Crippen molar-refractivity contribution in [2.75, 3.05) is 20.1 Å². The number of hydrogen-bond acceptors (Lipinski definition) is 6. The fourth-order valence-electron chi connectivity index (χ4n) is 5.16. The van der Waals surface area contributed by atoms with Gasteiger partial charge in [-0.05, 0) is 68.9 Å². The summed E-state index contributed by atoms with van der Waals surface area (Å²) < 4.78 is 46.9. The molecular formula is C30H28F3N7O2. The Bertz CT molecular complexity index is 1880. The molecule has 216 valence electrons. The van der Waals surface area contributed by atoms with E-state index in [-0.39, 0.29) is 12.4 Å². The summed E-state index contributed by atoms with van der Waals surface area (Å²) in [6, 6.07) is 13.6. The molecule has 1 aliphatic heterocycles. The summed E-state index contributed by atoms with van der Waals surface area (Å²) in [5.41, 5.74) is 3.28. The van der Waals surface area contributed by atoms with Crippen molar-refractivity contribution in [3.8, 4) is 22.6 Å². The molecule has 0 bridgehead atoms. The predicted octanol–water partition coefficient (Wildman–Crippen LogP) is 6.15. The van der Waals surface area contributed by atoms with Gasteiger partial charge in [0, 0.05) is 34.9 Å². The largest absolute Gasteiger partial charge is 0.415 e. The zero-order valence-electron chi connectivity index (χ0n) is 22.8. The lowest BCUT2D eigenvalue weighted by Crippen LogP contribution is -2.24. The Morgan fingerprint density at radius 1 is 1.00 bits per heavy atom. The lowest BCUT2D eigenvalue weighted by molar-refractivity contribution is 0.116. The van der Waals surface area contributed by atoms with Crippen molar-refractivity contribution >= 4 is 21.9 Å². The summed E-state index contributed by atoms with van der Waals surface area (Å²) in [7, 11) is 2.19. The van der Waals surface area contributed by atoms with Crippen LogP contribution < -0.4 is 5.69 Å². The molecule has 9 nitrogen and oxygen atoms in total. The third-order valence-electron chi connectivity index (χ3n) is 7.35. The molecule has 6 aromatic rings. The number of nitrogens with zero attached hydrogens (tertiary/aromatic N) is 5. The first-order valence-corrected chi connectivity index (χ1v) is 13.6. The summed E-state index contributed by atoms with van der Waals surface area (Å²) in [6.07, 6.45) is 4.58. The zero-order chi connectivity index (χ0) is 29.2.